The molecule has 1 unspecified atom stereocenters. The van der Waals surface area contributed by atoms with Gasteiger partial charge in [0, 0.05) is 24.8 Å². The third-order valence-electron chi connectivity index (χ3n) is 2.86. The monoisotopic (exact) mass is 260 g/mol. The maximum absolute atomic E-state index is 12.1. The van der Waals surface area contributed by atoms with Gasteiger partial charge in [-0.25, -0.2) is 0 Å². The Morgan fingerprint density at radius 1 is 1.53 bits per heavy atom. The van der Waals surface area contributed by atoms with Gasteiger partial charge >= 0.3 is 0 Å². The van der Waals surface area contributed by atoms with Crippen molar-refractivity contribution in [2.24, 2.45) is 5.73 Å². The minimum absolute atomic E-state index is 0.00975. The maximum atomic E-state index is 12.1. The molecule has 0 heterocycles. The summed E-state index contributed by atoms with van der Waals surface area (Å²) in [5.74, 6) is 5.65. The molecule has 19 heavy (non-hydrogen) atoms. The number of hydrogen-bond donors (Lipinski definition) is 2. The average Bonchev–Trinajstić information content (AvgIpc) is 2.43. The molecule has 1 amide bonds. The third kappa shape index (κ3) is 4.40. The fraction of sp³-hybridized carbons (Fsp3) is 0.400. The van der Waals surface area contributed by atoms with Gasteiger partial charge in [0.2, 0.25) is 0 Å². The van der Waals surface area contributed by atoms with Crippen LogP contribution in [-0.2, 0) is 4.74 Å². The van der Waals surface area contributed by atoms with Crippen molar-refractivity contribution < 1.29 is 9.53 Å². The first-order valence-electron chi connectivity index (χ1n) is 6.19. The van der Waals surface area contributed by atoms with E-state index in [1.54, 1.807) is 13.2 Å². The van der Waals surface area contributed by atoms with Gasteiger partial charge in [-0.05, 0) is 31.5 Å². The lowest BCUT2D eigenvalue weighted by Gasteiger charge is -2.12. The van der Waals surface area contributed by atoms with Crippen LogP contribution in [0.1, 0.15) is 28.4 Å². The molecule has 0 aromatic heterocycles. The van der Waals surface area contributed by atoms with Crippen molar-refractivity contribution in [2.75, 3.05) is 20.2 Å². The number of rotatable bonds is 4. The Morgan fingerprint density at radius 3 is 2.89 bits per heavy atom. The molecule has 4 nitrogen and oxygen atoms in total. The SMILES string of the molecule is COC(C)CNC(=O)c1cccc(C#CCN)c1C. The summed E-state index contributed by atoms with van der Waals surface area (Å²) in [7, 11) is 1.62. The van der Waals surface area contributed by atoms with E-state index in [0.29, 0.717) is 18.7 Å². The summed E-state index contributed by atoms with van der Waals surface area (Å²) in [5, 5.41) is 2.84. The number of benzene rings is 1. The molecule has 0 saturated heterocycles. The topological polar surface area (TPSA) is 64.3 Å². The number of methoxy groups -OCH3 is 1. The largest absolute Gasteiger partial charge is 0.380 e. The smallest absolute Gasteiger partial charge is 0.251 e. The van der Waals surface area contributed by atoms with Crippen LogP contribution in [0.4, 0.5) is 0 Å². The van der Waals surface area contributed by atoms with E-state index in [0.717, 1.165) is 11.1 Å². The fourth-order valence-corrected chi connectivity index (χ4v) is 1.58. The van der Waals surface area contributed by atoms with Crippen molar-refractivity contribution >= 4 is 5.91 Å². The highest BCUT2D eigenvalue weighted by Gasteiger charge is 2.11. The van der Waals surface area contributed by atoms with Crippen LogP contribution < -0.4 is 11.1 Å². The van der Waals surface area contributed by atoms with Gasteiger partial charge in [-0.3, -0.25) is 4.79 Å². The Bertz CT molecular complexity index is 501. The van der Waals surface area contributed by atoms with Crippen LogP contribution in [0.15, 0.2) is 18.2 Å². The Hall–Kier alpha value is -1.83. The molecule has 0 fully saturated rings. The number of nitrogens with two attached hydrogens (primary N) is 1. The van der Waals surface area contributed by atoms with Crippen LogP contribution in [0.3, 0.4) is 0 Å². The predicted octanol–water partition coefficient (Wildman–Crippen LogP) is 1.07. The normalized spacial score (nSPS) is 11.4. The van der Waals surface area contributed by atoms with Crippen LogP contribution >= 0.6 is 0 Å². The van der Waals surface area contributed by atoms with Gasteiger partial charge in [-0.2, -0.15) is 0 Å². The van der Waals surface area contributed by atoms with E-state index in [9.17, 15) is 4.79 Å². The molecule has 4 heteroatoms. The van der Waals surface area contributed by atoms with Crippen molar-refractivity contribution in [3.63, 3.8) is 0 Å². The second-order valence-electron chi connectivity index (χ2n) is 4.24. The van der Waals surface area contributed by atoms with Crippen LogP contribution in [0.2, 0.25) is 0 Å². The molecule has 1 rings (SSSR count). The first-order valence-corrected chi connectivity index (χ1v) is 6.19. The maximum Gasteiger partial charge on any atom is 0.251 e. The zero-order valence-electron chi connectivity index (χ0n) is 11.6. The number of carbonyl (C=O) groups excluding carboxylic acids is 1. The summed E-state index contributed by atoms with van der Waals surface area (Å²) in [6.45, 7) is 4.57. The molecule has 0 aliphatic rings. The predicted molar refractivity (Wildman–Crippen MR) is 75.9 cm³/mol. The highest BCUT2D eigenvalue weighted by atomic mass is 16.5. The molecule has 102 valence electrons. The van der Waals surface area contributed by atoms with Gasteiger partial charge < -0.3 is 15.8 Å². The van der Waals surface area contributed by atoms with Crippen molar-refractivity contribution in [3.8, 4) is 11.8 Å². The minimum atomic E-state index is -0.113. The summed E-state index contributed by atoms with van der Waals surface area (Å²) in [5.41, 5.74) is 7.68. The standard InChI is InChI=1S/C15H20N2O2/c1-11(19-3)10-17-15(18)14-8-4-6-13(12(14)2)7-5-9-16/h4,6,8,11H,9-10,16H2,1-3H3,(H,17,18). The van der Waals surface area contributed by atoms with Gasteiger partial charge in [0.05, 0.1) is 12.6 Å². The number of carbonyl (C=O) groups is 1. The van der Waals surface area contributed by atoms with Gasteiger partial charge in [0.25, 0.3) is 5.91 Å². The molecule has 1 aromatic rings. The number of amides is 1. The number of nitrogens with one attached hydrogen (secondary N) is 1. The highest BCUT2D eigenvalue weighted by Crippen LogP contribution is 2.12. The van der Waals surface area contributed by atoms with E-state index in [1.165, 1.54) is 0 Å². The zero-order valence-corrected chi connectivity index (χ0v) is 11.6. The Labute approximate surface area is 114 Å². The molecule has 0 spiro atoms. The molecule has 0 bridgehead atoms. The summed E-state index contributed by atoms with van der Waals surface area (Å²) < 4.78 is 5.09. The molecule has 0 aliphatic heterocycles. The van der Waals surface area contributed by atoms with E-state index in [1.807, 2.05) is 26.0 Å². The second-order valence-corrected chi connectivity index (χ2v) is 4.24. The first kappa shape index (κ1) is 15.2. The van der Waals surface area contributed by atoms with Gasteiger partial charge in [0.15, 0.2) is 0 Å². The van der Waals surface area contributed by atoms with Gasteiger partial charge in [-0.1, -0.05) is 17.9 Å². The quantitative estimate of drug-likeness (QED) is 0.796. The molecule has 1 atom stereocenters. The molecule has 0 saturated carbocycles. The molecular formula is C15H20N2O2. The summed E-state index contributed by atoms with van der Waals surface area (Å²) in [6, 6.07) is 5.49. The lowest BCUT2D eigenvalue weighted by molar-refractivity contribution is 0.0870. The van der Waals surface area contributed by atoms with E-state index >= 15 is 0 Å². The minimum Gasteiger partial charge on any atom is -0.380 e. The fourth-order valence-electron chi connectivity index (χ4n) is 1.58. The van der Waals surface area contributed by atoms with E-state index in [2.05, 4.69) is 17.2 Å². The second kappa shape index (κ2) is 7.57. The molecule has 0 radical (unpaired) electrons. The Kier molecular flexibility index (Phi) is 6.07. The van der Waals surface area contributed by atoms with E-state index in [4.69, 9.17) is 10.5 Å². The van der Waals surface area contributed by atoms with Crippen molar-refractivity contribution in [1.82, 2.24) is 5.32 Å². The van der Waals surface area contributed by atoms with Crippen molar-refractivity contribution in [1.29, 1.82) is 0 Å². The molecule has 1 aromatic carbocycles. The number of hydrogen-bond acceptors (Lipinski definition) is 3. The molecule has 0 aliphatic carbocycles. The number of ether oxygens (including phenoxy) is 1. The zero-order chi connectivity index (χ0) is 14.3. The first-order chi connectivity index (χ1) is 9.10. The Morgan fingerprint density at radius 2 is 2.26 bits per heavy atom. The summed E-state index contributed by atoms with van der Waals surface area (Å²) >= 11 is 0. The van der Waals surface area contributed by atoms with E-state index in [-0.39, 0.29) is 12.0 Å². The van der Waals surface area contributed by atoms with E-state index < -0.39 is 0 Å². The lowest BCUT2D eigenvalue weighted by atomic mass is 10.0. The van der Waals surface area contributed by atoms with Crippen LogP contribution in [0.5, 0.6) is 0 Å². The average molecular weight is 260 g/mol. The van der Waals surface area contributed by atoms with Gasteiger partial charge in [0.1, 0.15) is 0 Å². The van der Waals surface area contributed by atoms with Crippen LogP contribution in [0, 0.1) is 18.8 Å². The Balaban J connectivity index is 2.86. The van der Waals surface area contributed by atoms with Crippen LogP contribution in [0.25, 0.3) is 0 Å². The molecular weight excluding hydrogens is 240 g/mol. The third-order valence-corrected chi connectivity index (χ3v) is 2.86. The van der Waals surface area contributed by atoms with Gasteiger partial charge in [-0.15, -0.1) is 0 Å². The highest BCUT2D eigenvalue weighted by molar-refractivity contribution is 5.96. The summed E-state index contributed by atoms with van der Waals surface area (Å²) in [6.07, 6.45) is -0.00975. The molecule has 3 N–H and O–H groups in total. The van der Waals surface area contributed by atoms with Crippen molar-refractivity contribution in [3.05, 3.63) is 34.9 Å². The van der Waals surface area contributed by atoms with Crippen molar-refractivity contribution in [2.45, 2.75) is 20.0 Å². The summed E-state index contributed by atoms with van der Waals surface area (Å²) in [4.78, 5) is 12.1. The lowest BCUT2D eigenvalue weighted by Crippen LogP contribution is -2.32. The van der Waals surface area contributed by atoms with Crippen LogP contribution in [-0.4, -0.2) is 32.2 Å².